The number of aliphatic hydroxyl groups excluding tert-OH is 1. The smallest absolute Gasteiger partial charge is 0.384 e. The van der Waals surface area contributed by atoms with Crippen molar-refractivity contribution in [2.24, 2.45) is 0 Å². The van der Waals surface area contributed by atoms with Crippen LogP contribution in [0, 0.1) is 0 Å². The minimum atomic E-state index is -3.88. The summed E-state index contributed by atoms with van der Waals surface area (Å²) in [4.78, 5) is 0. The molecular formula is C7H24O7P2. The van der Waals surface area contributed by atoms with E-state index >= 15 is 0 Å². The zero-order valence-electron chi connectivity index (χ0n) is 7.50. The van der Waals surface area contributed by atoms with Crippen LogP contribution < -0.4 is 0 Å². The van der Waals surface area contributed by atoms with Crippen molar-refractivity contribution >= 4 is 15.4 Å². The number of hydrogen-bond acceptors (Lipinski definition) is 7. The van der Waals surface area contributed by atoms with E-state index in [9.17, 15) is 9.13 Å². The lowest BCUT2D eigenvalue weighted by Crippen LogP contribution is -1.98. The van der Waals surface area contributed by atoms with Crippen LogP contribution >= 0.6 is 15.4 Å². The molecule has 0 heterocycles. The molecule has 0 bridgehead atoms. The number of phosphoric acid groups is 1. The minimum Gasteiger partial charge on any atom is -0.384 e. The normalized spacial score (nSPS) is 13.8. The van der Waals surface area contributed by atoms with Gasteiger partial charge >= 0.3 is 15.4 Å². The lowest BCUT2D eigenvalue weighted by molar-refractivity contribution is 0.185. The predicted molar refractivity (Wildman–Crippen MR) is 64.6 cm³/mol. The molecule has 0 aliphatic carbocycles. The summed E-state index contributed by atoms with van der Waals surface area (Å²) in [5, 5.41) is 8.59. The van der Waals surface area contributed by atoms with Crippen molar-refractivity contribution < 1.29 is 32.1 Å². The fraction of sp³-hybridized carbons (Fsp3) is 1.00. The van der Waals surface area contributed by atoms with Gasteiger partial charge in [-0.1, -0.05) is 22.3 Å². The fourth-order valence-corrected chi connectivity index (χ4v) is 2.90. The maximum Gasteiger partial charge on any atom is 0.481 e. The molecule has 0 rings (SSSR count). The summed E-state index contributed by atoms with van der Waals surface area (Å²) in [5.41, 5.74) is 0. The minimum absolute atomic E-state index is 0. The van der Waals surface area contributed by atoms with Gasteiger partial charge in [-0.2, -0.15) is 0 Å². The summed E-state index contributed by atoms with van der Waals surface area (Å²) in [6.07, 6.45) is -0.903. The van der Waals surface area contributed by atoms with Crippen LogP contribution in [-0.4, -0.2) is 32.8 Å². The molecule has 0 saturated carbocycles. The lowest BCUT2D eigenvalue weighted by Gasteiger charge is -2.18. The molecule has 0 aromatic carbocycles. The zero-order valence-corrected chi connectivity index (χ0v) is 9.29. The standard InChI is InChI=1S/C4H12O7P2.3CH4/c1-8-12(6,4-5)11-13(7,9-2)10-3;;;/h5H,4H2,1-3H3;3*1H4. The molecular weight excluding hydrogens is 258 g/mol. The largest absolute Gasteiger partial charge is 0.481 e. The molecule has 0 aromatic heterocycles. The van der Waals surface area contributed by atoms with Crippen molar-refractivity contribution in [3.05, 3.63) is 0 Å². The van der Waals surface area contributed by atoms with E-state index in [0.29, 0.717) is 0 Å². The molecule has 7 nitrogen and oxygen atoms in total. The van der Waals surface area contributed by atoms with Gasteiger partial charge < -0.3 is 9.63 Å². The zero-order chi connectivity index (χ0) is 10.5. The summed E-state index contributed by atoms with van der Waals surface area (Å²) < 4.78 is 39.9. The van der Waals surface area contributed by atoms with Gasteiger partial charge in [0.25, 0.3) is 0 Å². The maximum absolute atomic E-state index is 11.3. The molecule has 1 atom stereocenters. The van der Waals surface area contributed by atoms with Crippen LogP contribution in [0.25, 0.3) is 0 Å². The average molecular weight is 282 g/mol. The van der Waals surface area contributed by atoms with Gasteiger partial charge in [-0.15, -0.1) is 0 Å². The molecule has 0 radical (unpaired) electrons. The molecule has 1 N–H and O–H groups in total. The topological polar surface area (TPSA) is 91.3 Å². The summed E-state index contributed by atoms with van der Waals surface area (Å²) in [5.74, 6) is 0. The molecule has 0 aromatic rings. The van der Waals surface area contributed by atoms with Gasteiger partial charge in [-0.3, -0.25) is 13.6 Å². The van der Waals surface area contributed by atoms with Crippen LogP contribution in [-0.2, 0) is 27.0 Å². The first kappa shape index (κ1) is 25.2. The number of phosphoric ester groups is 1. The summed E-state index contributed by atoms with van der Waals surface area (Å²) in [6, 6.07) is 0. The van der Waals surface area contributed by atoms with Gasteiger partial charge in [0.05, 0.1) is 0 Å². The second-order valence-electron chi connectivity index (χ2n) is 1.83. The summed E-state index contributed by atoms with van der Waals surface area (Å²) >= 11 is 0. The second kappa shape index (κ2) is 10.4. The Hall–Kier alpha value is 0.260. The van der Waals surface area contributed by atoms with Gasteiger partial charge in [0.15, 0.2) is 0 Å². The van der Waals surface area contributed by atoms with E-state index < -0.39 is 21.8 Å². The third-order valence-electron chi connectivity index (χ3n) is 1.12. The maximum atomic E-state index is 11.3. The van der Waals surface area contributed by atoms with E-state index in [2.05, 4.69) is 17.9 Å². The summed E-state index contributed by atoms with van der Waals surface area (Å²) in [7, 11) is -4.51. The average Bonchev–Trinajstić information content (AvgIpc) is 2.17. The molecule has 0 aliphatic rings. The molecule has 1 unspecified atom stereocenters. The molecule has 0 spiro atoms. The van der Waals surface area contributed by atoms with Crippen molar-refractivity contribution in [2.75, 3.05) is 27.7 Å². The van der Waals surface area contributed by atoms with Gasteiger partial charge in [-0.25, -0.2) is 8.88 Å². The van der Waals surface area contributed by atoms with Crippen molar-refractivity contribution in [2.45, 2.75) is 22.3 Å². The third kappa shape index (κ3) is 7.52. The van der Waals surface area contributed by atoms with Crippen LogP contribution in [0.2, 0.25) is 0 Å². The number of hydrogen-bond donors (Lipinski definition) is 1. The molecule has 0 aliphatic heterocycles. The van der Waals surface area contributed by atoms with Gasteiger partial charge in [0, 0.05) is 21.3 Å². The Morgan fingerprint density at radius 2 is 1.31 bits per heavy atom. The molecule has 104 valence electrons. The molecule has 9 heteroatoms. The van der Waals surface area contributed by atoms with Crippen LogP contribution in [0.1, 0.15) is 22.3 Å². The highest BCUT2D eigenvalue weighted by molar-refractivity contribution is 7.64. The SMILES string of the molecule is C.C.C.COP(=O)(CO)OP(=O)(OC)OC. The molecule has 0 saturated heterocycles. The van der Waals surface area contributed by atoms with Crippen molar-refractivity contribution in [3.63, 3.8) is 0 Å². The summed E-state index contributed by atoms with van der Waals surface area (Å²) in [6.45, 7) is 0. The van der Waals surface area contributed by atoms with Crippen LogP contribution in [0.3, 0.4) is 0 Å². The Morgan fingerprint density at radius 3 is 1.50 bits per heavy atom. The van der Waals surface area contributed by atoms with Crippen LogP contribution in [0.5, 0.6) is 0 Å². The highest BCUT2D eigenvalue weighted by Crippen LogP contribution is 2.63. The first-order valence-corrected chi connectivity index (χ1v) is 6.32. The van der Waals surface area contributed by atoms with Crippen LogP contribution in [0.15, 0.2) is 0 Å². The predicted octanol–water partition coefficient (Wildman–Crippen LogP) is 3.10. The monoisotopic (exact) mass is 282 g/mol. The highest BCUT2D eigenvalue weighted by Gasteiger charge is 2.36. The Kier molecular flexibility index (Phi) is 16.4. The van der Waals surface area contributed by atoms with Crippen LogP contribution in [0.4, 0.5) is 0 Å². The molecule has 0 fully saturated rings. The second-order valence-corrected chi connectivity index (χ2v) is 5.98. The van der Waals surface area contributed by atoms with E-state index in [0.717, 1.165) is 21.3 Å². The van der Waals surface area contributed by atoms with Gasteiger partial charge in [0.1, 0.15) is 6.35 Å². The Bertz CT molecular complexity index is 203. The number of aliphatic hydroxyl groups is 1. The van der Waals surface area contributed by atoms with E-state index in [1.807, 2.05) is 0 Å². The Balaban J connectivity index is -0.000000240. The van der Waals surface area contributed by atoms with Crippen molar-refractivity contribution in [1.82, 2.24) is 0 Å². The highest BCUT2D eigenvalue weighted by atomic mass is 31.3. The fourth-order valence-electron chi connectivity index (χ4n) is 0.410. The lowest BCUT2D eigenvalue weighted by atomic mass is 11.7. The quantitative estimate of drug-likeness (QED) is 0.748. The number of rotatable bonds is 6. The van der Waals surface area contributed by atoms with E-state index in [-0.39, 0.29) is 22.3 Å². The molecule has 16 heavy (non-hydrogen) atoms. The molecule has 0 amide bonds. The van der Waals surface area contributed by atoms with Gasteiger partial charge in [0.2, 0.25) is 0 Å². The first-order chi connectivity index (χ1) is 5.95. The Morgan fingerprint density at radius 1 is 0.938 bits per heavy atom. The first-order valence-electron chi connectivity index (χ1n) is 3.14. The third-order valence-corrected chi connectivity index (χ3v) is 4.72. The van der Waals surface area contributed by atoms with Crippen molar-refractivity contribution in [3.8, 4) is 0 Å². The van der Waals surface area contributed by atoms with E-state index in [1.165, 1.54) is 0 Å². The van der Waals surface area contributed by atoms with E-state index in [4.69, 9.17) is 5.11 Å². The Labute approximate surface area is 98.2 Å². The van der Waals surface area contributed by atoms with Crippen molar-refractivity contribution in [1.29, 1.82) is 0 Å². The van der Waals surface area contributed by atoms with Gasteiger partial charge in [-0.05, 0) is 0 Å². The van der Waals surface area contributed by atoms with E-state index in [1.54, 1.807) is 0 Å².